The van der Waals surface area contributed by atoms with E-state index in [0.717, 1.165) is 11.8 Å². The Morgan fingerprint density at radius 3 is 2.30 bits per heavy atom. The van der Waals surface area contributed by atoms with Crippen LogP contribution in [0.15, 0.2) is 0 Å². The third-order valence-corrected chi connectivity index (χ3v) is 2.86. The first-order valence-electron chi connectivity index (χ1n) is 4.11. The molecule has 2 rings (SSSR count). The molecule has 0 bridgehead atoms. The minimum Gasteiger partial charge on any atom is -0.467 e. The van der Waals surface area contributed by atoms with Gasteiger partial charge in [-0.25, -0.2) is 0 Å². The van der Waals surface area contributed by atoms with E-state index in [2.05, 4.69) is 19.0 Å². The lowest BCUT2D eigenvalue weighted by Gasteiger charge is -2.16. The molecule has 2 heterocycles. The van der Waals surface area contributed by atoms with E-state index in [-0.39, 0.29) is 0 Å². The number of quaternary nitrogens is 1. The van der Waals surface area contributed by atoms with Gasteiger partial charge in [0.1, 0.15) is 0 Å². The topological polar surface area (TPSA) is 7.68 Å². The van der Waals surface area contributed by atoms with E-state index in [1.54, 1.807) is 0 Å². The van der Waals surface area contributed by atoms with Crippen LogP contribution < -0.4 is 4.90 Å². The Morgan fingerprint density at radius 2 is 1.80 bits per heavy atom. The Balaban J connectivity index is 2.00. The van der Waals surface area contributed by atoms with E-state index in [0.29, 0.717) is 0 Å². The molecule has 10 heavy (non-hydrogen) atoms. The van der Waals surface area contributed by atoms with Crippen LogP contribution in [-0.4, -0.2) is 38.1 Å². The molecule has 0 radical (unpaired) electrons. The molecule has 1 unspecified atom stereocenters. The van der Waals surface area contributed by atoms with Gasteiger partial charge in [-0.15, -0.1) is 0 Å². The summed E-state index contributed by atoms with van der Waals surface area (Å²) >= 11 is 0. The highest BCUT2D eigenvalue weighted by molar-refractivity contribution is 4.84. The first kappa shape index (κ1) is 6.62. The molecule has 3 atom stereocenters. The molecular weight excluding hydrogens is 124 g/mol. The Bertz CT molecular complexity index is 107. The molecule has 0 amide bonds. The summed E-state index contributed by atoms with van der Waals surface area (Å²) in [7, 11) is 6.27. The zero-order valence-electron chi connectivity index (χ0n) is 6.64. The second-order valence-electron chi connectivity index (χ2n) is 3.90. The van der Waals surface area contributed by atoms with Crippen LogP contribution in [0.2, 0.25) is 0 Å². The van der Waals surface area contributed by atoms with E-state index in [4.69, 9.17) is 0 Å². The summed E-state index contributed by atoms with van der Waals surface area (Å²) in [6.07, 6.45) is 0. The van der Waals surface area contributed by atoms with Gasteiger partial charge < -0.3 is 9.80 Å². The number of hydrogen-bond acceptors (Lipinski definition) is 1. The maximum Gasteiger partial charge on any atom is 0.0576 e. The van der Waals surface area contributed by atoms with Gasteiger partial charge in [0.05, 0.1) is 13.1 Å². The Hall–Kier alpha value is -0.0800. The van der Waals surface area contributed by atoms with E-state index < -0.39 is 0 Å². The van der Waals surface area contributed by atoms with Crippen molar-refractivity contribution in [2.75, 3.05) is 33.2 Å². The molecule has 58 valence electrons. The van der Waals surface area contributed by atoms with Gasteiger partial charge in [-0.05, 0) is 7.05 Å². The lowest BCUT2D eigenvalue weighted by atomic mass is 10.0. The van der Waals surface area contributed by atoms with Gasteiger partial charge >= 0.3 is 0 Å². The molecule has 1 N–H and O–H groups in total. The molecule has 0 aliphatic carbocycles. The van der Waals surface area contributed by atoms with Gasteiger partial charge in [-0.1, -0.05) is 0 Å². The maximum atomic E-state index is 4.04. The second-order valence-corrected chi connectivity index (χ2v) is 3.90. The molecule has 0 saturated carbocycles. The summed E-state index contributed by atoms with van der Waals surface area (Å²) in [6, 6.07) is 0. The number of likely N-dealkylation sites (tertiary alicyclic amines) is 2. The predicted octanol–water partition coefficient (Wildman–Crippen LogP) is -1.15. The highest BCUT2D eigenvalue weighted by atomic mass is 15.2. The monoisotopic (exact) mass is 140 g/mol. The average Bonchev–Trinajstić information content (AvgIpc) is 2.21. The standard InChI is InChI=1S/C8H16N2/c1-9-3-7-5-10(2)6-8(7)4-9/h7-9H,1,3-6H2,2H3/t7-,8+. The number of hydrogen-bond donors (Lipinski definition) is 1. The van der Waals surface area contributed by atoms with Crippen molar-refractivity contribution >= 4 is 0 Å². The number of nitrogens with one attached hydrogen (secondary N) is 1. The van der Waals surface area contributed by atoms with Crippen LogP contribution in [0.25, 0.3) is 0 Å². The van der Waals surface area contributed by atoms with Crippen LogP contribution in [0.3, 0.4) is 0 Å². The van der Waals surface area contributed by atoms with Crippen LogP contribution in [0, 0.1) is 18.9 Å². The molecule has 0 aromatic heterocycles. The van der Waals surface area contributed by atoms with E-state index in [1.807, 2.05) is 0 Å². The first-order valence-corrected chi connectivity index (χ1v) is 4.11. The molecule has 2 aliphatic heterocycles. The quantitative estimate of drug-likeness (QED) is 0.418. The van der Waals surface area contributed by atoms with Crippen LogP contribution >= 0.6 is 0 Å². The lowest BCUT2D eigenvalue weighted by Crippen LogP contribution is -3.05. The molecular formula is C8H16N2. The summed E-state index contributed by atoms with van der Waals surface area (Å²) < 4.78 is 0. The second kappa shape index (κ2) is 2.21. The third kappa shape index (κ3) is 0.956. The number of rotatable bonds is 0. The molecule has 2 fully saturated rings. The van der Waals surface area contributed by atoms with Gasteiger partial charge in [-0.2, -0.15) is 7.05 Å². The van der Waals surface area contributed by atoms with E-state index in [1.165, 1.54) is 31.1 Å². The normalized spacial score (nSPS) is 48.0. The fourth-order valence-corrected chi connectivity index (χ4v) is 2.46. The third-order valence-electron chi connectivity index (χ3n) is 2.86. The van der Waals surface area contributed by atoms with Crippen molar-refractivity contribution in [3.63, 3.8) is 0 Å². The minimum atomic E-state index is 0.956. The summed E-state index contributed by atoms with van der Waals surface area (Å²) in [4.78, 5) is 3.94. The molecule has 2 heteroatoms. The van der Waals surface area contributed by atoms with Crippen LogP contribution in [0.5, 0.6) is 0 Å². The van der Waals surface area contributed by atoms with Crippen molar-refractivity contribution in [2.24, 2.45) is 11.8 Å². The lowest BCUT2D eigenvalue weighted by molar-refractivity contribution is -0.843. The predicted molar refractivity (Wildman–Crippen MR) is 40.5 cm³/mol. The van der Waals surface area contributed by atoms with Gasteiger partial charge in [-0.3, -0.25) is 0 Å². The summed E-state index contributed by atoms with van der Waals surface area (Å²) in [5.41, 5.74) is 0. The zero-order chi connectivity index (χ0) is 7.14. The van der Waals surface area contributed by atoms with Crippen molar-refractivity contribution in [3.05, 3.63) is 7.05 Å². The molecule has 0 spiro atoms. The summed E-state index contributed by atoms with van der Waals surface area (Å²) in [5, 5.41) is 0. The summed E-state index contributed by atoms with van der Waals surface area (Å²) in [5.74, 6) is 1.91. The van der Waals surface area contributed by atoms with Gasteiger partial charge in [0.2, 0.25) is 0 Å². The fourth-order valence-electron chi connectivity index (χ4n) is 2.46. The minimum absolute atomic E-state index is 0.956. The Kier molecular flexibility index (Phi) is 1.46. The first-order chi connectivity index (χ1) is 4.75. The molecule has 2 saturated heterocycles. The van der Waals surface area contributed by atoms with E-state index in [9.17, 15) is 0 Å². The zero-order valence-corrected chi connectivity index (χ0v) is 6.64. The van der Waals surface area contributed by atoms with E-state index >= 15 is 0 Å². The number of fused-ring (bicyclic) bond motifs is 1. The highest BCUT2D eigenvalue weighted by Crippen LogP contribution is 2.22. The van der Waals surface area contributed by atoms with Gasteiger partial charge in [0.15, 0.2) is 0 Å². The Labute approximate surface area is 62.8 Å². The van der Waals surface area contributed by atoms with Crippen molar-refractivity contribution in [1.29, 1.82) is 0 Å². The van der Waals surface area contributed by atoms with Crippen molar-refractivity contribution < 1.29 is 4.90 Å². The number of nitrogens with zero attached hydrogens (tertiary/aromatic N) is 1. The molecule has 0 aromatic carbocycles. The largest absolute Gasteiger partial charge is 0.467 e. The summed E-state index contributed by atoms with van der Waals surface area (Å²) in [6.45, 7) is 5.22. The average molecular weight is 140 g/mol. The van der Waals surface area contributed by atoms with Crippen molar-refractivity contribution in [1.82, 2.24) is 4.90 Å². The SMILES string of the molecule is [CH2-][NH+]1C[C@H]2CN(C)C[C@H]2C1. The van der Waals surface area contributed by atoms with Crippen LogP contribution in [-0.2, 0) is 0 Å². The Morgan fingerprint density at radius 1 is 1.30 bits per heavy atom. The van der Waals surface area contributed by atoms with Crippen molar-refractivity contribution in [3.8, 4) is 0 Å². The van der Waals surface area contributed by atoms with Gasteiger partial charge in [0, 0.05) is 24.9 Å². The van der Waals surface area contributed by atoms with Crippen molar-refractivity contribution in [2.45, 2.75) is 0 Å². The molecule has 0 aromatic rings. The van der Waals surface area contributed by atoms with Crippen LogP contribution in [0.4, 0.5) is 0 Å². The molecule has 2 aliphatic rings. The maximum absolute atomic E-state index is 4.04. The van der Waals surface area contributed by atoms with Gasteiger partial charge in [0.25, 0.3) is 0 Å². The smallest absolute Gasteiger partial charge is 0.0576 e. The molecule has 2 nitrogen and oxygen atoms in total. The fraction of sp³-hybridized carbons (Fsp3) is 0.875. The van der Waals surface area contributed by atoms with Crippen LogP contribution in [0.1, 0.15) is 0 Å². The highest BCUT2D eigenvalue weighted by Gasteiger charge is 2.38.